The van der Waals surface area contributed by atoms with E-state index in [1.807, 2.05) is 25.1 Å². The average molecular weight is 308 g/mol. The van der Waals surface area contributed by atoms with Crippen molar-refractivity contribution in [2.75, 3.05) is 26.2 Å². The third kappa shape index (κ3) is 7.02. The molecule has 1 aliphatic heterocycles. The molecule has 1 amide bonds. The Bertz CT molecular complexity index is 400. The number of rotatable bonds is 7. The maximum absolute atomic E-state index is 9.55. The van der Waals surface area contributed by atoms with Crippen molar-refractivity contribution in [2.24, 2.45) is 0 Å². The summed E-state index contributed by atoms with van der Waals surface area (Å²) in [5.41, 5.74) is 1.31. The molecule has 0 spiro atoms. The summed E-state index contributed by atoms with van der Waals surface area (Å²) in [6.45, 7) is 4.55. The lowest BCUT2D eigenvalue weighted by atomic mass is 10.1. The maximum Gasteiger partial charge on any atom is 0.207 e. The molecule has 3 N–H and O–H groups in total. The van der Waals surface area contributed by atoms with Gasteiger partial charge in [-0.25, -0.2) is 0 Å². The highest BCUT2D eigenvalue weighted by Gasteiger charge is 2.29. The third-order valence-corrected chi connectivity index (χ3v) is 3.72. The van der Waals surface area contributed by atoms with Crippen molar-refractivity contribution >= 4 is 6.41 Å². The molecular weight excluding hydrogens is 280 g/mol. The van der Waals surface area contributed by atoms with Gasteiger partial charge >= 0.3 is 0 Å². The minimum atomic E-state index is -0.270. The number of nitrogens with zero attached hydrogens (tertiary/aromatic N) is 1. The zero-order chi connectivity index (χ0) is 16.2. The van der Waals surface area contributed by atoms with Crippen LogP contribution in [0.15, 0.2) is 30.3 Å². The molecule has 124 valence electrons. The van der Waals surface area contributed by atoms with E-state index in [0.29, 0.717) is 19.4 Å². The van der Waals surface area contributed by atoms with Crippen LogP contribution in [0.3, 0.4) is 0 Å². The number of aliphatic hydroxyl groups is 2. The second-order valence-electron chi connectivity index (χ2n) is 5.53. The van der Waals surface area contributed by atoms with Crippen molar-refractivity contribution in [3.63, 3.8) is 0 Å². The van der Waals surface area contributed by atoms with Crippen LogP contribution >= 0.6 is 0 Å². The van der Waals surface area contributed by atoms with Crippen molar-refractivity contribution in [3.8, 4) is 0 Å². The van der Waals surface area contributed by atoms with Crippen LogP contribution in [0.1, 0.15) is 25.3 Å². The van der Waals surface area contributed by atoms with Crippen LogP contribution in [0.25, 0.3) is 0 Å². The number of benzene rings is 1. The molecule has 2 unspecified atom stereocenters. The van der Waals surface area contributed by atoms with Crippen molar-refractivity contribution in [2.45, 2.75) is 38.3 Å². The fourth-order valence-corrected chi connectivity index (χ4v) is 2.54. The van der Waals surface area contributed by atoms with E-state index in [2.05, 4.69) is 22.3 Å². The Morgan fingerprint density at radius 2 is 2.09 bits per heavy atom. The quantitative estimate of drug-likeness (QED) is 0.515. The summed E-state index contributed by atoms with van der Waals surface area (Å²) in [4.78, 5) is 11.6. The van der Waals surface area contributed by atoms with Gasteiger partial charge in [-0.1, -0.05) is 37.3 Å². The monoisotopic (exact) mass is 308 g/mol. The van der Waals surface area contributed by atoms with Crippen molar-refractivity contribution < 1.29 is 15.0 Å². The summed E-state index contributed by atoms with van der Waals surface area (Å²) >= 11 is 0. The fourth-order valence-electron chi connectivity index (χ4n) is 2.54. The zero-order valence-electron chi connectivity index (χ0n) is 13.3. The Morgan fingerprint density at radius 3 is 2.64 bits per heavy atom. The standard InChI is InChI=1S/C13H19NO2.C4H9NO/c15-10-12-8-13(16)9-14(12)7-6-11-4-2-1-3-5-11;1-2-3-5-4-6/h1-5,12-13,15-16H,6-10H2;4H,2-3H2,1H3,(H,5,6). The number of likely N-dealkylation sites (tertiary alicyclic amines) is 1. The first kappa shape index (κ1) is 18.6. The van der Waals surface area contributed by atoms with Crippen LogP contribution in [-0.2, 0) is 11.2 Å². The summed E-state index contributed by atoms with van der Waals surface area (Å²) in [7, 11) is 0. The number of carbonyl (C=O) groups excluding carboxylic acids is 1. The topological polar surface area (TPSA) is 72.8 Å². The van der Waals surface area contributed by atoms with Gasteiger partial charge in [0, 0.05) is 25.7 Å². The number of aliphatic hydroxyl groups excluding tert-OH is 2. The Kier molecular flexibility index (Phi) is 9.46. The van der Waals surface area contributed by atoms with E-state index in [9.17, 15) is 15.0 Å². The molecule has 1 heterocycles. The van der Waals surface area contributed by atoms with Crippen LogP contribution in [0.5, 0.6) is 0 Å². The predicted molar refractivity (Wildman–Crippen MR) is 87.6 cm³/mol. The molecule has 5 heteroatoms. The molecule has 1 fully saturated rings. The highest BCUT2D eigenvalue weighted by atomic mass is 16.3. The number of carbonyl (C=O) groups is 1. The SMILES string of the molecule is CCCNC=O.OCC1CC(O)CN1CCc1ccccc1. The third-order valence-electron chi connectivity index (χ3n) is 3.72. The lowest BCUT2D eigenvalue weighted by molar-refractivity contribution is -0.109. The molecule has 5 nitrogen and oxygen atoms in total. The molecular formula is C17H28N2O3. The zero-order valence-corrected chi connectivity index (χ0v) is 13.3. The van der Waals surface area contributed by atoms with Crippen molar-refractivity contribution in [1.82, 2.24) is 10.2 Å². The summed E-state index contributed by atoms with van der Waals surface area (Å²) in [5.74, 6) is 0. The molecule has 1 aromatic rings. The second kappa shape index (κ2) is 11.2. The predicted octanol–water partition coefficient (Wildman–Crippen LogP) is 0.799. The molecule has 1 aromatic carbocycles. The summed E-state index contributed by atoms with van der Waals surface area (Å²) in [6, 6.07) is 10.5. The lowest BCUT2D eigenvalue weighted by Crippen LogP contribution is -2.34. The van der Waals surface area contributed by atoms with E-state index in [1.165, 1.54) is 5.56 Å². The Morgan fingerprint density at radius 1 is 1.36 bits per heavy atom. The number of nitrogens with one attached hydrogen (secondary N) is 1. The molecule has 0 aliphatic carbocycles. The summed E-state index contributed by atoms with van der Waals surface area (Å²) < 4.78 is 0. The van der Waals surface area contributed by atoms with Crippen LogP contribution in [0.4, 0.5) is 0 Å². The highest BCUT2D eigenvalue weighted by Crippen LogP contribution is 2.17. The van der Waals surface area contributed by atoms with Gasteiger partial charge < -0.3 is 15.5 Å². The molecule has 1 aliphatic rings. The van der Waals surface area contributed by atoms with Gasteiger partial charge in [-0.3, -0.25) is 9.69 Å². The van der Waals surface area contributed by atoms with E-state index in [0.717, 1.165) is 25.9 Å². The van der Waals surface area contributed by atoms with Crippen LogP contribution in [0.2, 0.25) is 0 Å². The molecule has 0 aromatic heterocycles. The molecule has 0 radical (unpaired) electrons. The van der Waals surface area contributed by atoms with Gasteiger partial charge in [0.1, 0.15) is 0 Å². The minimum Gasteiger partial charge on any atom is -0.395 e. The minimum absolute atomic E-state index is 0.138. The Balaban J connectivity index is 0.000000346. The first-order chi connectivity index (χ1) is 10.7. The van der Waals surface area contributed by atoms with Crippen molar-refractivity contribution in [3.05, 3.63) is 35.9 Å². The molecule has 22 heavy (non-hydrogen) atoms. The Hall–Kier alpha value is -1.43. The van der Waals surface area contributed by atoms with Gasteiger partial charge in [0.05, 0.1) is 12.7 Å². The van der Waals surface area contributed by atoms with Crippen LogP contribution < -0.4 is 5.32 Å². The number of amides is 1. The smallest absolute Gasteiger partial charge is 0.207 e. The highest BCUT2D eigenvalue weighted by molar-refractivity contribution is 5.45. The second-order valence-corrected chi connectivity index (χ2v) is 5.53. The number of hydrogen-bond acceptors (Lipinski definition) is 4. The van der Waals surface area contributed by atoms with Gasteiger partial charge in [0.2, 0.25) is 6.41 Å². The fraction of sp³-hybridized carbons (Fsp3) is 0.588. The first-order valence-electron chi connectivity index (χ1n) is 7.95. The van der Waals surface area contributed by atoms with E-state index in [-0.39, 0.29) is 18.8 Å². The van der Waals surface area contributed by atoms with E-state index >= 15 is 0 Å². The van der Waals surface area contributed by atoms with Crippen molar-refractivity contribution in [1.29, 1.82) is 0 Å². The first-order valence-corrected chi connectivity index (χ1v) is 7.95. The van der Waals surface area contributed by atoms with Gasteiger partial charge in [-0.2, -0.15) is 0 Å². The Labute approximate surface area is 133 Å². The maximum atomic E-state index is 9.55. The number of hydrogen-bond donors (Lipinski definition) is 3. The van der Waals surface area contributed by atoms with Gasteiger partial charge in [0.15, 0.2) is 0 Å². The van der Waals surface area contributed by atoms with E-state index < -0.39 is 0 Å². The van der Waals surface area contributed by atoms with Crippen LogP contribution in [0, 0.1) is 0 Å². The van der Waals surface area contributed by atoms with E-state index in [1.54, 1.807) is 0 Å². The molecule has 1 saturated heterocycles. The molecule has 2 atom stereocenters. The number of β-amino-alcohol motifs (C(OH)–C–C–N with tert-alkyl or cyclic N) is 1. The largest absolute Gasteiger partial charge is 0.395 e. The lowest BCUT2D eigenvalue weighted by Gasteiger charge is -2.22. The van der Waals surface area contributed by atoms with Gasteiger partial charge in [-0.05, 0) is 24.8 Å². The van der Waals surface area contributed by atoms with Gasteiger partial charge in [0.25, 0.3) is 0 Å². The van der Waals surface area contributed by atoms with Crippen LogP contribution in [-0.4, -0.2) is 59.9 Å². The average Bonchev–Trinajstić information content (AvgIpc) is 2.92. The molecule has 0 saturated carbocycles. The normalized spacial score (nSPS) is 21.0. The van der Waals surface area contributed by atoms with Gasteiger partial charge in [-0.15, -0.1) is 0 Å². The molecule has 0 bridgehead atoms. The van der Waals surface area contributed by atoms with E-state index in [4.69, 9.17) is 0 Å². The summed E-state index contributed by atoms with van der Waals surface area (Å²) in [5, 5.41) is 21.3. The molecule has 2 rings (SSSR count). The summed E-state index contributed by atoms with van der Waals surface area (Å²) in [6.07, 6.45) is 3.13.